The number of hydrogen-bond acceptors (Lipinski definition) is 2. The molecule has 0 aliphatic rings. The Hall–Kier alpha value is -1.52. The number of ether oxygens (including phenoxy) is 1. The number of aliphatic imine (C=N–C) groups is 2. The monoisotopic (exact) mass is 359 g/mol. The molecule has 0 aromatic carbocycles. The minimum absolute atomic E-state index is 0.0369. The van der Waals surface area contributed by atoms with Crippen LogP contribution >= 0.6 is 23.2 Å². The first-order chi connectivity index (χ1) is 10.7. The number of nitrogens with zero attached hydrogens (tertiary/aromatic N) is 2. The molecular weight excluding hydrogens is 333 g/mol. The van der Waals surface area contributed by atoms with Crippen molar-refractivity contribution in [2.24, 2.45) is 15.7 Å². The van der Waals surface area contributed by atoms with Crippen LogP contribution in [-0.4, -0.2) is 17.2 Å². The Morgan fingerprint density at radius 2 is 1.78 bits per heavy atom. The van der Waals surface area contributed by atoms with Crippen LogP contribution in [0.15, 0.2) is 57.9 Å². The molecule has 23 heavy (non-hydrogen) atoms. The Kier molecular flexibility index (Phi) is 14.6. The summed E-state index contributed by atoms with van der Waals surface area (Å²) in [4.78, 5) is 7.81. The molecule has 0 aliphatic carbocycles. The number of nitrogens with two attached hydrogens (primary N) is 1. The first-order valence-corrected chi connectivity index (χ1v) is 8.08. The van der Waals surface area contributed by atoms with Gasteiger partial charge in [0.25, 0.3) is 0 Å². The summed E-state index contributed by atoms with van der Waals surface area (Å²) in [7, 11) is 0. The minimum atomic E-state index is 0.0369. The third-order valence-corrected chi connectivity index (χ3v) is 2.04. The SMILES string of the molecule is C=C(Cl)/C=C(\C=C/CC(=C)N=C(N)/N=C(\C)Cl)OC(C)C.CC. The normalized spacial score (nSPS) is 13.0. The van der Waals surface area contributed by atoms with Crippen LogP contribution in [-0.2, 0) is 4.74 Å². The molecule has 0 heterocycles. The Balaban J connectivity index is 0. The summed E-state index contributed by atoms with van der Waals surface area (Å²) < 4.78 is 5.58. The van der Waals surface area contributed by atoms with Gasteiger partial charge in [0, 0.05) is 17.2 Å². The predicted molar refractivity (Wildman–Crippen MR) is 104 cm³/mol. The van der Waals surface area contributed by atoms with Gasteiger partial charge in [-0.05, 0) is 32.9 Å². The fourth-order valence-electron chi connectivity index (χ4n) is 1.25. The number of hydrogen-bond donors (Lipinski definition) is 1. The molecule has 0 fully saturated rings. The van der Waals surface area contributed by atoms with E-state index in [0.29, 0.717) is 28.1 Å². The lowest BCUT2D eigenvalue weighted by Crippen LogP contribution is -2.09. The van der Waals surface area contributed by atoms with E-state index in [0.717, 1.165) is 0 Å². The van der Waals surface area contributed by atoms with Crippen LogP contribution < -0.4 is 5.73 Å². The van der Waals surface area contributed by atoms with Gasteiger partial charge in [-0.1, -0.05) is 56.3 Å². The van der Waals surface area contributed by atoms with Crippen LogP contribution in [0.2, 0.25) is 0 Å². The van der Waals surface area contributed by atoms with Crippen LogP contribution in [0, 0.1) is 0 Å². The van der Waals surface area contributed by atoms with Crippen molar-refractivity contribution in [2.75, 3.05) is 0 Å². The van der Waals surface area contributed by atoms with Gasteiger partial charge >= 0.3 is 0 Å². The summed E-state index contributed by atoms with van der Waals surface area (Å²) in [6, 6.07) is 0. The Morgan fingerprint density at radius 1 is 1.22 bits per heavy atom. The highest BCUT2D eigenvalue weighted by molar-refractivity contribution is 6.65. The predicted octanol–water partition coefficient (Wildman–Crippen LogP) is 5.51. The molecule has 130 valence electrons. The van der Waals surface area contributed by atoms with Gasteiger partial charge in [-0.15, -0.1) is 0 Å². The number of halogens is 2. The maximum Gasteiger partial charge on any atom is 0.221 e. The summed E-state index contributed by atoms with van der Waals surface area (Å²) in [6.45, 7) is 16.9. The van der Waals surface area contributed by atoms with E-state index in [9.17, 15) is 0 Å². The average Bonchev–Trinajstić information content (AvgIpc) is 2.38. The second-order valence-electron chi connectivity index (χ2n) is 4.41. The first kappa shape index (κ1) is 23.7. The van der Waals surface area contributed by atoms with Crippen molar-refractivity contribution < 1.29 is 4.74 Å². The van der Waals surface area contributed by atoms with Gasteiger partial charge in [0.1, 0.15) is 10.9 Å². The van der Waals surface area contributed by atoms with Crippen LogP contribution in [0.4, 0.5) is 0 Å². The smallest absolute Gasteiger partial charge is 0.221 e. The van der Waals surface area contributed by atoms with Crippen molar-refractivity contribution in [2.45, 2.75) is 47.1 Å². The molecule has 0 amide bonds. The molecule has 6 heteroatoms. The lowest BCUT2D eigenvalue weighted by atomic mass is 10.3. The van der Waals surface area contributed by atoms with E-state index in [2.05, 4.69) is 23.1 Å². The Bertz CT molecular complexity index is 500. The zero-order valence-corrected chi connectivity index (χ0v) is 16.1. The summed E-state index contributed by atoms with van der Waals surface area (Å²) in [5.41, 5.74) is 6.12. The highest BCUT2D eigenvalue weighted by atomic mass is 35.5. The zero-order valence-electron chi connectivity index (χ0n) is 14.6. The number of guanidine groups is 1. The Labute approximate surface area is 150 Å². The molecule has 0 unspecified atom stereocenters. The largest absolute Gasteiger partial charge is 0.491 e. The summed E-state index contributed by atoms with van der Waals surface area (Å²) in [5.74, 6) is 0.689. The topological polar surface area (TPSA) is 60.0 Å². The lowest BCUT2D eigenvalue weighted by Gasteiger charge is -2.10. The van der Waals surface area contributed by atoms with Crippen LogP contribution in [0.5, 0.6) is 0 Å². The maximum atomic E-state index is 5.75. The van der Waals surface area contributed by atoms with Crippen LogP contribution in [0.1, 0.15) is 41.0 Å². The fraction of sp³-hybridized carbons (Fsp3) is 0.412. The summed E-state index contributed by atoms with van der Waals surface area (Å²) in [5, 5.41) is 0.707. The van der Waals surface area contributed by atoms with Crippen LogP contribution in [0.3, 0.4) is 0 Å². The van der Waals surface area contributed by atoms with E-state index in [1.807, 2.05) is 33.8 Å². The quantitative estimate of drug-likeness (QED) is 0.282. The van der Waals surface area contributed by atoms with Gasteiger partial charge in [-0.3, -0.25) is 0 Å². The Morgan fingerprint density at radius 3 is 2.22 bits per heavy atom. The van der Waals surface area contributed by atoms with Crippen molar-refractivity contribution in [3.63, 3.8) is 0 Å². The van der Waals surface area contributed by atoms with E-state index in [-0.39, 0.29) is 12.1 Å². The van der Waals surface area contributed by atoms with E-state index >= 15 is 0 Å². The summed E-state index contributed by atoms with van der Waals surface area (Å²) >= 11 is 11.3. The molecule has 0 radical (unpaired) electrons. The second-order valence-corrected chi connectivity index (χ2v) is 5.44. The van der Waals surface area contributed by atoms with Crippen molar-refractivity contribution >= 4 is 34.3 Å². The lowest BCUT2D eigenvalue weighted by molar-refractivity contribution is 0.158. The van der Waals surface area contributed by atoms with Gasteiger partial charge in [0.15, 0.2) is 0 Å². The molecule has 0 saturated heterocycles. The molecule has 0 aliphatic heterocycles. The standard InChI is InChI=1S/C15H21Cl2N3O.C2H6/c1-10(2)21-14(9-11(3)16)8-6-7-12(4)19-15(18)20-13(5)17;1-2/h6,8-10H,3-4,7H2,1-2,5H3,(H2,18,19);1-2H3/b8-6-,14-9+,20-13+;. The average molecular weight is 360 g/mol. The first-order valence-electron chi connectivity index (χ1n) is 7.32. The number of rotatable bonds is 7. The van der Waals surface area contributed by atoms with E-state index in [1.54, 1.807) is 19.1 Å². The molecule has 0 aromatic rings. The van der Waals surface area contributed by atoms with E-state index in [4.69, 9.17) is 33.7 Å². The van der Waals surface area contributed by atoms with Gasteiger partial charge in [-0.2, -0.15) is 0 Å². The fourth-order valence-corrected chi connectivity index (χ4v) is 1.44. The third-order valence-electron chi connectivity index (χ3n) is 1.85. The molecule has 4 nitrogen and oxygen atoms in total. The molecular formula is C17H27Cl2N3O. The van der Waals surface area contributed by atoms with Gasteiger partial charge in [0.2, 0.25) is 5.96 Å². The molecule has 0 saturated carbocycles. The van der Waals surface area contributed by atoms with Crippen molar-refractivity contribution in [1.82, 2.24) is 0 Å². The molecule has 0 bridgehead atoms. The molecule has 0 spiro atoms. The minimum Gasteiger partial charge on any atom is -0.491 e. The third kappa shape index (κ3) is 16.7. The number of allylic oxidation sites excluding steroid dienone is 4. The van der Waals surface area contributed by atoms with Crippen molar-refractivity contribution in [1.29, 1.82) is 0 Å². The van der Waals surface area contributed by atoms with Crippen molar-refractivity contribution in [3.8, 4) is 0 Å². The summed E-state index contributed by atoms with van der Waals surface area (Å²) in [6.07, 6.45) is 5.78. The van der Waals surface area contributed by atoms with E-state index in [1.165, 1.54) is 0 Å². The van der Waals surface area contributed by atoms with E-state index < -0.39 is 0 Å². The highest BCUT2D eigenvalue weighted by Gasteiger charge is 1.99. The molecule has 0 atom stereocenters. The maximum absolute atomic E-state index is 5.75. The second kappa shape index (κ2) is 14.1. The molecule has 0 rings (SSSR count). The zero-order chi connectivity index (χ0) is 18.4. The van der Waals surface area contributed by atoms with Crippen LogP contribution in [0.25, 0.3) is 0 Å². The van der Waals surface area contributed by atoms with Gasteiger partial charge < -0.3 is 10.5 Å². The molecule has 2 N–H and O–H groups in total. The van der Waals surface area contributed by atoms with Gasteiger partial charge in [-0.25, -0.2) is 9.98 Å². The molecule has 0 aromatic heterocycles. The van der Waals surface area contributed by atoms with Crippen molar-refractivity contribution in [3.05, 3.63) is 47.9 Å². The highest BCUT2D eigenvalue weighted by Crippen LogP contribution is 2.12. The van der Waals surface area contributed by atoms with Gasteiger partial charge in [0.05, 0.1) is 6.10 Å².